The second-order valence-corrected chi connectivity index (χ2v) is 3.88. The number of pyridine rings is 1. The van der Waals surface area contributed by atoms with Gasteiger partial charge in [0.2, 0.25) is 0 Å². The van der Waals surface area contributed by atoms with E-state index in [4.69, 9.17) is 23.1 Å². The monoisotopic (exact) mass is 275 g/mol. The first-order valence-electron chi connectivity index (χ1n) is 3.94. The van der Waals surface area contributed by atoms with E-state index >= 15 is 0 Å². The van der Waals surface area contributed by atoms with Crippen molar-refractivity contribution >= 4 is 39.1 Å². The maximum absolute atomic E-state index is 8.81. The Hall–Kier alpha value is -0.720. The van der Waals surface area contributed by atoms with Gasteiger partial charge in [0, 0.05) is 17.2 Å². The van der Waals surface area contributed by atoms with Crippen LogP contribution in [0.3, 0.4) is 0 Å². The van der Waals surface area contributed by atoms with Crippen molar-refractivity contribution in [3.05, 3.63) is 22.8 Å². The molecule has 0 saturated carbocycles. The Balaban J connectivity index is 2.87. The molecule has 0 aliphatic heterocycles. The first-order chi connectivity index (χ1) is 6.65. The molecular weight excluding hydrogens is 266 g/mol. The van der Waals surface area contributed by atoms with E-state index in [1.54, 1.807) is 17.2 Å². The van der Waals surface area contributed by atoms with Crippen molar-refractivity contribution in [1.82, 2.24) is 4.98 Å². The maximum Gasteiger partial charge on any atom is 0.172 e. The van der Waals surface area contributed by atoms with E-state index in [0.717, 1.165) is 4.47 Å². The van der Waals surface area contributed by atoms with Crippen LogP contribution in [0.1, 0.15) is 0 Å². The SMILES string of the molecule is NC(=S)N(CCO)c1ccc(Br)cn1. The number of thiocarbonyl (C=S) groups is 1. The summed E-state index contributed by atoms with van der Waals surface area (Å²) in [5, 5.41) is 9.01. The highest BCUT2D eigenvalue weighted by Crippen LogP contribution is 2.14. The van der Waals surface area contributed by atoms with Gasteiger partial charge in [0.25, 0.3) is 0 Å². The highest BCUT2D eigenvalue weighted by molar-refractivity contribution is 9.10. The van der Waals surface area contributed by atoms with Crippen molar-refractivity contribution in [2.75, 3.05) is 18.1 Å². The zero-order valence-corrected chi connectivity index (χ0v) is 9.75. The molecule has 0 unspecified atom stereocenters. The molecule has 0 spiro atoms. The fraction of sp³-hybridized carbons (Fsp3) is 0.250. The minimum absolute atomic E-state index is 0.0188. The molecule has 0 aliphatic carbocycles. The molecule has 14 heavy (non-hydrogen) atoms. The molecule has 0 radical (unpaired) electrons. The molecule has 0 aromatic carbocycles. The quantitative estimate of drug-likeness (QED) is 0.803. The number of aliphatic hydroxyl groups is 1. The third-order valence-corrected chi connectivity index (χ3v) is 2.27. The third-order valence-electron chi connectivity index (χ3n) is 1.58. The lowest BCUT2D eigenvalue weighted by molar-refractivity contribution is 0.306. The van der Waals surface area contributed by atoms with Crippen LogP contribution in [0, 0.1) is 0 Å². The minimum Gasteiger partial charge on any atom is -0.395 e. The number of hydrogen-bond acceptors (Lipinski definition) is 3. The molecular formula is C8H10BrN3OS. The van der Waals surface area contributed by atoms with Crippen molar-refractivity contribution in [2.45, 2.75) is 0 Å². The minimum atomic E-state index is -0.0188. The van der Waals surface area contributed by atoms with Crippen LogP contribution in [0.4, 0.5) is 5.82 Å². The van der Waals surface area contributed by atoms with Gasteiger partial charge in [-0.15, -0.1) is 0 Å². The van der Waals surface area contributed by atoms with E-state index in [0.29, 0.717) is 12.4 Å². The van der Waals surface area contributed by atoms with Gasteiger partial charge in [0.15, 0.2) is 5.11 Å². The molecule has 3 N–H and O–H groups in total. The molecule has 1 heterocycles. The predicted octanol–water partition coefficient (Wildman–Crippen LogP) is 0.886. The van der Waals surface area contributed by atoms with Gasteiger partial charge in [-0.1, -0.05) is 0 Å². The van der Waals surface area contributed by atoms with Crippen molar-refractivity contribution in [3.63, 3.8) is 0 Å². The van der Waals surface area contributed by atoms with Crippen LogP contribution in [0.15, 0.2) is 22.8 Å². The molecule has 1 aromatic heterocycles. The second kappa shape index (κ2) is 5.23. The standard InChI is InChI=1S/C8H10BrN3OS/c9-6-1-2-7(11-5-6)12(3-4-13)8(10)14/h1-2,5,13H,3-4H2,(H2,10,14). The van der Waals surface area contributed by atoms with E-state index < -0.39 is 0 Å². The largest absolute Gasteiger partial charge is 0.395 e. The second-order valence-electron chi connectivity index (χ2n) is 2.55. The summed E-state index contributed by atoms with van der Waals surface area (Å²) in [6.45, 7) is 0.332. The Labute approximate surface area is 95.9 Å². The van der Waals surface area contributed by atoms with Gasteiger partial charge in [-0.2, -0.15) is 0 Å². The summed E-state index contributed by atoms with van der Waals surface area (Å²) in [6, 6.07) is 3.61. The highest BCUT2D eigenvalue weighted by atomic mass is 79.9. The average molecular weight is 276 g/mol. The van der Waals surface area contributed by atoms with Crippen LogP contribution in [0.2, 0.25) is 0 Å². The van der Waals surface area contributed by atoms with Crippen molar-refractivity contribution in [2.24, 2.45) is 5.73 Å². The molecule has 1 rings (SSSR count). The smallest absolute Gasteiger partial charge is 0.172 e. The number of nitrogens with zero attached hydrogens (tertiary/aromatic N) is 2. The van der Waals surface area contributed by atoms with Crippen LogP contribution >= 0.6 is 28.1 Å². The molecule has 1 aromatic rings. The fourth-order valence-corrected chi connectivity index (χ4v) is 1.38. The Morgan fingerprint density at radius 2 is 2.36 bits per heavy atom. The Bertz CT molecular complexity index is 317. The van der Waals surface area contributed by atoms with E-state index in [9.17, 15) is 0 Å². The van der Waals surface area contributed by atoms with Crippen LogP contribution in [0.5, 0.6) is 0 Å². The average Bonchev–Trinajstić information content (AvgIpc) is 2.15. The van der Waals surface area contributed by atoms with E-state index in [2.05, 4.69) is 20.9 Å². The summed E-state index contributed by atoms with van der Waals surface area (Å²) in [7, 11) is 0. The first kappa shape index (κ1) is 11.4. The number of aliphatic hydroxyl groups excluding tert-OH is 1. The molecule has 0 fully saturated rings. The van der Waals surface area contributed by atoms with E-state index in [-0.39, 0.29) is 11.7 Å². The number of rotatable bonds is 3. The van der Waals surface area contributed by atoms with Gasteiger partial charge in [0.1, 0.15) is 5.82 Å². The van der Waals surface area contributed by atoms with Crippen molar-refractivity contribution in [3.8, 4) is 0 Å². The number of anilines is 1. The Kier molecular flexibility index (Phi) is 4.24. The zero-order valence-electron chi connectivity index (χ0n) is 7.35. The lowest BCUT2D eigenvalue weighted by Crippen LogP contribution is -2.38. The van der Waals surface area contributed by atoms with Gasteiger partial charge in [-0.3, -0.25) is 0 Å². The number of aromatic nitrogens is 1. The van der Waals surface area contributed by atoms with Gasteiger partial charge in [-0.05, 0) is 40.3 Å². The van der Waals surface area contributed by atoms with Crippen molar-refractivity contribution in [1.29, 1.82) is 0 Å². The van der Waals surface area contributed by atoms with Crippen LogP contribution in [-0.4, -0.2) is 28.4 Å². The van der Waals surface area contributed by atoms with Crippen molar-refractivity contribution < 1.29 is 5.11 Å². The van der Waals surface area contributed by atoms with Gasteiger partial charge >= 0.3 is 0 Å². The topological polar surface area (TPSA) is 62.4 Å². The third kappa shape index (κ3) is 2.90. The molecule has 4 nitrogen and oxygen atoms in total. The summed E-state index contributed by atoms with van der Waals surface area (Å²) in [6.07, 6.45) is 1.65. The normalized spacial score (nSPS) is 9.86. The summed E-state index contributed by atoms with van der Waals surface area (Å²) >= 11 is 8.11. The van der Waals surface area contributed by atoms with Crippen LogP contribution in [-0.2, 0) is 0 Å². The predicted molar refractivity (Wildman–Crippen MR) is 63.2 cm³/mol. The van der Waals surface area contributed by atoms with E-state index in [1.165, 1.54) is 0 Å². The van der Waals surface area contributed by atoms with Crippen LogP contribution < -0.4 is 10.6 Å². The molecule has 0 bridgehead atoms. The zero-order chi connectivity index (χ0) is 10.6. The lowest BCUT2D eigenvalue weighted by atomic mass is 10.4. The highest BCUT2D eigenvalue weighted by Gasteiger charge is 2.09. The van der Waals surface area contributed by atoms with Crippen LogP contribution in [0.25, 0.3) is 0 Å². The van der Waals surface area contributed by atoms with Gasteiger partial charge in [-0.25, -0.2) is 4.98 Å². The summed E-state index contributed by atoms with van der Waals surface area (Å²) in [5.41, 5.74) is 5.49. The molecule has 0 amide bonds. The summed E-state index contributed by atoms with van der Waals surface area (Å²) in [4.78, 5) is 5.69. The molecule has 6 heteroatoms. The molecule has 0 aliphatic rings. The number of halogens is 1. The van der Waals surface area contributed by atoms with Gasteiger partial charge < -0.3 is 15.7 Å². The Morgan fingerprint density at radius 1 is 1.64 bits per heavy atom. The lowest BCUT2D eigenvalue weighted by Gasteiger charge is -2.20. The molecule has 0 saturated heterocycles. The molecule has 76 valence electrons. The first-order valence-corrected chi connectivity index (χ1v) is 5.14. The van der Waals surface area contributed by atoms with Gasteiger partial charge in [0.05, 0.1) is 6.61 Å². The number of nitrogens with two attached hydrogens (primary N) is 1. The number of hydrogen-bond donors (Lipinski definition) is 2. The Morgan fingerprint density at radius 3 is 2.79 bits per heavy atom. The maximum atomic E-state index is 8.81. The molecule has 0 atom stereocenters. The summed E-state index contributed by atoms with van der Waals surface area (Å²) in [5.74, 6) is 0.634. The summed E-state index contributed by atoms with van der Waals surface area (Å²) < 4.78 is 0.883. The fourth-order valence-electron chi connectivity index (χ4n) is 0.965. The van der Waals surface area contributed by atoms with E-state index in [1.807, 2.05) is 6.07 Å².